The molecule has 0 atom stereocenters. The van der Waals surface area contributed by atoms with Gasteiger partial charge in [-0.2, -0.15) is 0 Å². The Labute approximate surface area is 151 Å². The van der Waals surface area contributed by atoms with Crippen LogP contribution < -0.4 is 15.4 Å². The second-order valence-electron chi connectivity index (χ2n) is 4.95. The molecule has 0 aliphatic heterocycles. The molecule has 0 spiro atoms. The molecule has 0 radical (unpaired) electrons. The van der Waals surface area contributed by atoms with Gasteiger partial charge < -0.3 is 20.1 Å². The number of hydrogen-bond acceptors (Lipinski definition) is 4. The maximum atomic E-state index is 12.2. The predicted octanol–water partition coefficient (Wildman–Crippen LogP) is 4.56. The number of amides is 2. The van der Waals surface area contributed by atoms with Crippen LogP contribution in [0.25, 0.3) is 0 Å². The van der Waals surface area contributed by atoms with Gasteiger partial charge in [0, 0.05) is 10.7 Å². The van der Waals surface area contributed by atoms with E-state index in [2.05, 4.69) is 10.6 Å². The fourth-order valence-corrected chi connectivity index (χ4v) is 2.28. The fraction of sp³-hybridized carbons (Fsp3) is 0.222. The van der Waals surface area contributed by atoms with Crippen molar-refractivity contribution in [3.63, 3.8) is 0 Å². The largest absolute Gasteiger partial charge is 0.492 e. The predicted molar refractivity (Wildman–Crippen MR) is 97.7 cm³/mol. The van der Waals surface area contributed by atoms with Crippen LogP contribution in [0.4, 0.5) is 16.2 Å². The molecule has 2 aromatic carbocycles. The van der Waals surface area contributed by atoms with E-state index in [1.807, 2.05) is 6.92 Å². The average molecular weight is 363 g/mol. The zero-order chi connectivity index (χ0) is 18.2. The third-order valence-electron chi connectivity index (χ3n) is 3.12. The van der Waals surface area contributed by atoms with E-state index < -0.39 is 12.0 Å². The van der Waals surface area contributed by atoms with Crippen molar-refractivity contribution in [2.45, 2.75) is 13.8 Å². The van der Waals surface area contributed by atoms with Gasteiger partial charge in [0.1, 0.15) is 5.75 Å². The van der Waals surface area contributed by atoms with Gasteiger partial charge in [0.25, 0.3) is 0 Å². The standard InChI is InChI=1S/C18H19ClN2O4/c1-3-24-16-10-12(17(22)25-4-2)8-9-15(16)21-18(23)20-14-7-5-6-13(19)11-14/h5-11H,3-4H2,1-2H3,(H2,20,21,23). The van der Waals surface area contributed by atoms with Crippen LogP contribution in [0.15, 0.2) is 42.5 Å². The fourth-order valence-electron chi connectivity index (χ4n) is 2.09. The topological polar surface area (TPSA) is 76.7 Å². The molecule has 25 heavy (non-hydrogen) atoms. The van der Waals surface area contributed by atoms with Gasteiger partial charge in [-0.3, -0.25) is 0 Å². The van der Waals surface area contributed by atoms with Crippen LogP contribution in [0.3, 0.4) is 0 Å². The first-order valence-electron chi connectivity index (χ1n) is 7.81. The number of ether oxygens (including phenoxy) is 2. The van der Waals surface area contributed by atoms with Crippen molar-refractivity contribution in [1.82, 2.24) is 0 Å². The number of carbonyl (C=O) groups excluding carboxylic acids is 2. The van der Waals surface area contributed by atoms with Gasteiger partial charge in [0.05, 0.1) is 24.5 Å². The normalized spacial score (nSPS) is 10.0. The molecule has 0 heterocycles. The van der Waals surface area contributed by atoms with Crippen LogP contribution in [0.1, 0.15) is 24.2 Å². The number of carbonyl (C=O) groups is 2. The van der Waals surface area contributed by atoms with E-state index >= 15 is 0 Å². The highest BCUT2D eigenvalue weighted by Crippen LogP contribution is 2.27. The highest BCUT2D eigenvalue weighted by molar-refractivity contribution is 6.30. The van der Waals surface area contributed by atoms with Gasteiger partial charge >= 0.3 is 12.0 Å². The van der Waals surface area contributed by atoms with Crippen molar-refractivity contribution in [1.29, 1.82) is 0 Å². The number of halogens is 1. The molecule has 0 aromatic heterocycles. The minimum Gasteiger partial charge on any atom is -0.492 e. The van der Waals surface area contributed by atoms with Crippen molar-refractivity contribution >= 4 is 35.0 Å². The number of anilines is 2. The average Bonchev–Trinajstić information content (AvgIpc) is 2.56. The summed E-state index contributed by atoms with van der Waals surface area (Å²) in [6, 6.07) is 11.0. The Morgan fingerprint density at radius 3 is 2.52 bits per heavy atom. The molecule has 0 aliphatic carbocycles. The summed E-state index contributed by atoms with van der Waals surface area (Å²) >= 11 is 5.89. The molecule has 2 rings (SSSR count). The van der Waals surface area contributed by atoms with Gasteiger partial charge in [-0.1, -0.05) is 17.7 Å². The number of nitrogens with one attached hydrogen (secondary N) is 2. The van der Waals surface area contributed by atoms with Crippen molar-refractivity contribution in [3.8, 4) is 5.75 Å². The Kier molecular flexibility index (Phi) is 6.65. The van der Waals surface area contributed by atoms with Crippen LogP contribution in [0, 0.1) is 0 Å². The molecule has 2 amide bonds. The van der Waals surface area contributed by atoms with Gasteiger partial charge in [-0.05, 0) is 50.2 Å². The maximum absolute atomic E-state index is 12.2. The molecule has 0 saturated heterocycles. The van der Waals surface area contributed by atoms with Crippen molar-refractivity contribution in [2.24, 2.45) is 0 Å². The molecule has 0 saturated carbocycles. The molecule has 0 aliphatic rings. The molecule has 0 fully saturated rings. The van der Waals surface area contributed by atoms with E-state index in [1.54, 1.807) is 43.3 Å². The summed E-state index contributed by atoms with van der Waals surface area (Å²) in [5.41, 5.74) is 1.35. The molecule has 132 valence electrons. The maximum Gasteiger partial charge on any atom is 0.338 e. The molecule has 2 aromatic rings. The van der Waals surface area contributed by atoms with Crippen LogP contribution in [-0.4, -0.2) is 25.2 Å². The lowest BCUT2D eigenvalue weighted by Gasteiger charge is -2.13. The Hall–Kier alpha value is -2.73. The van der Waals surface area contributed by atoms with Crippen molar-refractivity contribution < 1.29 is 19.1 Å². The zero-order valence-corrected chi connectivity index (χ0v) is 14.7. The van der Waals surface area contributed by atoms with E-state index in [4.69, 9.17) is 21.1 Å². The summed E-state index contributed by atoms with van der Waals surface area (Å²) in [5, 5.41) is 5.89. The number of benzene rings is 2. The van der Waals surface area contributed by atoms with E-state index in [9.17, 15) is 9.59 Å². The molecule has 6 nitrogen and oxygen atoms in total. The molecule has 0 bridgehead atoms. The van der Waals surface area contributed by atoms with Crippen LogP contribution in [0.2, 0.25) is 5.02 Å². The smallest absolute Gasteiger partial charge is 0.338 e. The summed E-state index contributed by atoms with van der Waals surface area (Å²) in [7, 11) is 0. The minimum atomic E-state index is -0.452. The third kappa shape index (κ3) is 5.39. The molecular formula is C18H19ClN2O4. The van der Waals surface area contributed by atoms with E-state index in [-0.39, 0.29) is 6.61 Å². The van der Waals surface area contributed by atoms with E-state index in [0.717, 1.165) is 0 Å². The first-order valence-corrected chi connectivity index (χ1v) is 8.18. The van der Waals surface area contributed by atoms with Gasteiger partial charge in [0.15, 0.2) is 0 Å². The van der Waals surface area contributed by atoms with Gasteiger partial charge in [-0.25, -0.2) is 9.59 Å². The quantitative estimate of drug-likeness (QED) is 0.738. The van der Waals surface area contributed by atoms with Crippen LogP contribution >= 0.6 is 11.6 Å². The summed E-state index contributed by atoms with van der Waals surface area (Å²) in [5.74, 6) is -0.0623. The number of urea groups is 1. The number of hydrogen-bond donors (Lipinski definition) is 2. The summed E-state index contributed by atoms with van der Waals surface area (Å²) < 4.78 is 10.5. The molecule has 0 unspecified atom stereocenters. The van der Waals surface area contributed by atoms with Crippen molar-refractivity contribution in [2.75, 3.05) is 23.8 Å². The number of esters is 1. The molecular weight excluding hydrogens is 344 g/mol. The van der Waals surface area contributed by atoms with Gasteiger partial charge in [-0.15, -0.1) is 0 Å². The monoisotopic (exact) mass is 362 g/mol. The van der Waals surface area contributed by atoms with E-state index in [1.165, 1.54) is 6.07 Å². The number of rotatable bonds is 6. The minimum absolute atomic E-state index is 0.283. The van der Waals surface area contributed by atoms with Gasteiger partial charge in [0.2, 0.25) is 0 Å². The second-order valence-corrected chi connectivity index (χ2v) is 5.39. The summed E-state index contributed by atoms with van der Waals surface area (Å²) in [4.78, 5) is 24.0. The lowest BCUT2D eigenvalue weighted by molar-refractivity contribution is 0.0526. The SMILES string of the molecule is CCOC(=O)c1ccc(NC(=O)Nc2cccc(Cl)c2)c(OCC)c1. The van der Waals surface area contributed by atoms with E-state index in [0.29, 0.717) is 34.3 Å². The summed E-state index contributed by atoms with van der Waals surface area (Å²) in [6.45, 7) is 4.21. The Balaban J connectivity index is 2.14. The first kappa shape index (κ1) is 18.6. The molecule has 7 heteroatoms. The first-order chi connectivity index (χ1) is 12.0. The van der Waals surface area contributed by atoms with Crippen LogP contribution in [0.5, 0.6) is 5.75 Å². The Morgan fingerprint density at radius 2 is 1.84 bits per heavy atom. The lowest BCUT2D eigenvalue weighted by Crippen LogP contribution is -2.20. The van der Waals surface area contributed by atoms with Crippen LogP contribution in [-0.2, 0) is 4.74 Å². The Morgan fingerprint density at radius 1 is 1.04 bits per heavy atom. The third-order valence-corrected chi connectivity index (χ3v) is 3.36. The highest BCUT2D eigenvalue weighted by atomic mass is 35.5. The zero-order valence-electron chi connectivity index (χ0n) is 14.0. The summed E-state index contributed by atoms with van der Waals surface area (Å²) in [6.07, 6.45) is 0. The Bertz CT molecular complexity index is 764. The van der Waals surface area contributed by atoms with Crippen molar-refractivity contribution in [3.05, 3.63) is 53.1 Å². The highest BCUT2D eigenvalue weighted by Gasteiger charge is 2.13. The second kappa shape index (κ2) is 8.94. The lowest BCUT2D eigenvalue weighted by atomic mass is 10.2. The molecule has 2 N–H and O–H groups in total.